The molecule has 10 aromatic carbocycles. The van der Waals surface area contributed by atoms with Gasteiger partial charge in [0, 0.05) is 54.1 Å². The molecule has 4 heteroatoms. The molecule has 13 rings (SSSR count). The molecule has 0 N–H and O–H groups in total. The summed E-state index contributed by atoms with van der Waals surface area (Å²) in [6.07, 6.45) is 0. The van der Waals surface area contributed by atoms with E-state index in [2.05, 4.69) is 216 Å². The molecule has 0 aliphatic carbocycles. The Morgan fingerprint density at radius 3 is 1.98 bits per heavy atom. The van der Waals surface area contributed by atoms with Crippen LogP contribution in [0.15, 0.2) is 223 Å². The second-order valence-corrected chi connectivity index (χ2v) is 17.1. The lowest BCUT2D eigenvalue weighted by Gasteiger charge is -2.26. The van der Waals surface area contributed by atoms with Crippen molar-refractivity contribution >= 4 is 103 Å². The van der Waals surface area contributed by atoms with Gasteiger partial charge in [0.2, 0.25) is 0 Å². The van der Waals surface area contributed by atoms with E-state index < -0.39 is 0 Å². The summed E-state index contributed by atoms with van der Waals surface area (Å²) in [6, 6.07) is 79.3. The molecule has 0 unspecified atom stereocenters. The van der Waals surface area contributed by atoms with Gasteiger partial charge in [-0.25, -0.2) is 0 Å². The number of aromatic nitrogens is 1. The Hall–Kier alpha value is -7.92. The Bertz CT molecular complexity index is 3870. The molecule has 0 saturated carbocycles. The number of para-hydroxylation sites is 2. The Labute approximate surface area is 361 Å². The van der Waals surface area contributed by atoms with Crippen LogP contribution in [0.4, 0.5) is 17.1 Å². The molecule has 0 bridgehead atoms. The molecule has 3 aromatic heterocycles. The molecule has 13 aromatic rings. The third kappa shape index (κ3) is 5.37. The van der Waals surface area contributed by atoms with Crippen LogP contribution in [0.5, 0.6) is 0 Å². The van der Waals surface area contributed by atoms with Crippen LogP contribution in [0.1, 0.15) is 0 Å². The predicted octanol–water partition coefficient (Wildman–Crippen LogP) is 17.0. The van der Waals surface area contributed by atoms with Gasteiger partial charge in [-0.1, -0.05) is 146 Å². The second-order valence-electron chi connectivity index (χ2n) is 16.0. The second kappa shape index (κ2) is 13.8. The van der Waals surface area contributed by atoms with E-state index in [0.29, 0.717) is 0 Å². The minimum Gasteiger partial charge on any atom is -0.456 e. The molecule has 290 valence electrons. The zero-order valence-electron chi connectivity index (χ0n) is 33.5. The van der Waals surface area contributed by atoms with Crippen molar-refractivity contribution in [1.29, 1.82) is 0 Å². The van der Waals surface area contributed by atoms with Gasteiger partial charge in [0.15, 0.2) is 0 Å². The van der Waals surface area contributed by atoms with Gasteiger partial charge in [0.05, 0.1) is 21.4 Å². The number of hydrogen-bond acceptors (Lipinski definition) is 3. The van der Waals surface area contributed by atoms with Gasteiger partial charge >= 0.3 is 0 Å². The van der Waals surface area contributed by atoms with Crippen LogP contribution in [0.3, 0.4) is 0 Å². The fourth-order valence-electron chi connectivity index (χ4n) is 9.78. The van der Waals surface area contributed by atoms with Crippen molar-refractivity contribution in [1.82, 2.24) is 4.57 Å². The zero-order chi connectivity index (χ0) is 40.7. The van der Waals surface area contributed by atoms with Crippen molar-refractivity contribution in [3.63, 3.8) is 0 Å². The first-order chi connectivity index (χ1) is 30.7. The fraction of sp³-hybridized carbons (Fsp3) is 0. The van der Waals surface area contributed by atoms with Crippen LogP contribution in [0.2, 0.25) is 0 Å². The van der Waals surface area contributed by atoms with E-state index in [4.69, 9.17) is 4.42 Å². The Morgan fingerprint density at radius 2 is 1.10 bits per heavy atom. The molecule has 0 saturated heterocycles. The summed E-state index contributed by atoms with van der Waals surface area (Å²) in [4.78, 5) is 2.42. The Kier molecular flexibility index (Phi) is 7.78. The van der Waals surface area contributed by atoms with Crippen LogP contribution >= 0.6 is 11.3 Å². The number of thiophene rings is 1. The first-order valence-electron chi connectivity index (χ1n) is 21.1. The normalized spacial score (nSPS) is 11.9. The van der Waals surface area contributed by atoms with Gasteiger partial charge in [0.1, 0.15) is 11.2 Å². The van der Waals surface area contributed by atoms with E-state index in [1.165, 1.54) is 69.4 Å². The molecule has 3 heterocycles. The smallest absolute Gasteiger partial charge is 0.135 e. The van der Waals surface area contributed by atoms with Gasteiger partial charge < -0.3 is 13.9 Å². The van der Waals surface area contributed by atoms with Crippen molar-refractivity contribution in [2.24, 2.45) is 0 Å². The van der Waals surface area contributed by atoms with E-state index in [1.54, 1.807) is 0 Å². The molecular weight excluding hydrogens is 773 g/mol. The van der Waals surface area contributed by atoms with Crippen LogP contribution < -0.4 is 4.90 Å². The number of nitrogens with zero attached hydrogens (tertiary/aromatic N) is 2. The minimum absolute atomic E-state index is 0.884. The van der Waals surface area contributed by atoms with E-state index >= 15 is 0 Å². The maximum absolute atomic E-state index is 6.31. The number of anilines is 3. The van der Waals surface area contributed by atoms with Crippen molar-refractivity contribution in [2.75, 3.05) is 4.90 Å². The van der Waals surface area contributed by atoms with Crippen LogP contribution in [0, 0.1) is 0 Å². The summed E-state index contributed by atoms with van der Waals surface area (Å²) in [5.41, 5.74) is 13.3. The maximum atomic E-state index is 6.31. The van der Waals surface area contributed by atoms with Crippen LogP contribution in [0.25, 0.3) is 103 Å². The largest absolute Gasteiger partial charge is 0.456 e. The first-order valence-corrected chi connectivity index (χ1v) is 21.9. The lowest BCUT2D eigenvalue weighted by atomic mass is 9.93. The summed E-state index contributed by atoms with van der Waals surface area (Å²) in [7, 11) is 0. The molecule has 0 fully saturated rings. The molecule has 0 spiro atoms. The summed E-state index contributed by atoms with van der Waals surface area (Å²) in [6.45, 7) is 0. The summed E-state index contributed by atoms with van der Waals surface area (Å²) < 4.78 is 11.3. The van der Waals surface area contributed by atoms with Gasteiger partial charge in [0.25, 0.3) is 0 Å². The lowest BCUT2D eigenvalue weighted by molar-refractivity contribution is 0.669. The van der Waals surface area contributed by atoms with Crippen molar-refractivity contribution in [3.8, 4) is 27.9 Å². The summed E-state index contributed by atoms with van der Waals surface area (Å²) in [5, 5.41) is 9.83. The number of furan rings is 1. The number of fused-ring (bicyclic) bond motifs is 11. The Balaban J connectivity index is 1.01. The topological polar surface area (TPSA) is 21.3 Å². The highest BCUT2D eigenvalue weighted by molar-refractivity contribution is 7.26. The molecular formula is C58H36N2OS. The molecule has 62 heavy (non-hydrogen) atoms. The van der Waals surface area contributed by atoms with Crippen LogP contribution in [-0.4, -0.2) is 4.57 Å². The van der Waals surface area contributed by atoms with Gasteiger partial charge in [-0.15, -0.1) is 11.3 Å². The molecule has 0 amide bonds. The third-order valence-electron chi connectivity index (χ3n) is 12.6. The number of hydrogen-bond donors (Lipinski definition) is 0. The summed E-state index contributed by atoms with van der Waals surface area (Å²) in [5.74, 6) is 0. The van der Waals surface area contributed by atoms with E-state index in [0.717, 1.165) is 50.3 Å². The quantitative estimate of drug-likeness (QED) is 0.167. The average Bonchev–Trinajstić information content (AvgIpc) is 4.02. The molecule has 3 nitrogen and oxygen atoms in total. The predicted molar refractivity (Wildman–Crippen MR) is 264 cm³/mol. The van der Waals surface area contributed by atoms with Crippen molar-refractivity contribution in [2.45, 2.75) is 0 Å². The molecule has 0 radical (unpaired) electrons. The minimum atomic E-state index is 0.884. The lowest BCUT2D eigenvalue weighted by Crippen LogP contribution is -2.10. The van der Waals surface area contributed by atoms with Gasteiger partial charge in [-0.2, -0.15) is 0 Å². The van der Waals surface area contributed by atoms with Crippen molar-refractivity contribution in [3.05, 3.63) is 218 Å². The third-order valence-corrected chi connectivity index (χ3v) is 13.8. The SMILES string of the molecule is c1ccc(-c2ccc(-n3c4ccccc4c4c5ccccc5ccc43)cc2-c2ccc(N(c3ccc4oc5ccccc5c4c3)c3cccc4c3sc3ccccc34)cc2)cc1. The monoisotopic (exact) mass is 808 g/mol. The van der Waals surface area contributed by atoms with E-state index in [-0.39, 0.29) is 0 Å². The highest BCUT2D eigenvalue weighted by Crippen LogP contribution is 2.47. The maximum Gasteiger partial charge on any atom is 0.135 e. The Morgan fingerprint density at radius 1 is 0.403 bits per heavy atom. The first kappa shape index (κ1) is 34.9. The number of rotatable bonds is 6. The van der Waals surface area contributed by atoms with E-state index in [1.807, 2.05) is 23.5 Å². The molecule has 0 aliphatic rings. The zero-order valence-corrected chi connectivity index (χ0v) is 34.3. The fourth-order valence-corrected chi connectivity index (χ4v) is 11.0. The van der Waals surface area contributed by atoms with Gasteiger partial charge in [-0.3, -0.25) is 0 Å². The molecule has 0 aliphatic heterocycles. The van der Waals surface area contributed by atoms with Crippen LogP contribution in [-0.2, 0) is 0 Å². The molecule has 0 atom stereocenters. The summed E-state index contributed by atoms with van der Waals surface area (Å²) >= 11 is 1.85. The van der Waals surface area contributed by atoms with Crippen molar-refractivity contribution < 1.29 is 4.42 Å². The average molecular weight is 809 g/mol. The van der Waals surface area contributed by atoms with Gasteiger partial charge in [-0.05, 0) is 106 Å². The highest BCUT2D eigenvalue weighted by atomic mass is 32.1. The van der Waals surface area contributed by atoms with E-state index in [9.17, 15) is 0 Å². The number of benzene rings is 10. The highest BCUT2D eigenvalue weighted by Gasteiger charge is 2.21. The standard InChI is InChI=1S/C58H36N2OS/c1-2-13-37(14-3-1)43-32-30-42(60-51-21-9-6-19-48(51)57-44-16-5-4-15-38(44)27-33-52(57)60)35-49(43)39-25-28-40(29-26-39)59(41-31-34-55-50(36-41)45-17-7-10-23-54(45)61-55)53-22-12-20-47-46-18-8-11-24-56(46)62-58(47)53/h1-36H.